The van der Waals surface area contributed by atoms with Crippen LogP contribution >= 0.6 is 0 Å². The van der Waals surface area contributed by atoms with Crippen molar-refractivity contribution in [3.05, 3.63) is 22.2 Å². The lowest BCUT2D eigenvalue weighted by molar-refractivity contribution is -0.384. The van der Waals surface area contributed by atoms with Crippen molar-refractivity contribution in [1.82, 2.24) is 10.3 Å². The molecule has 1 unspecified atom stereocenters. The Labute approximate surface area is 122 Å². The summed E-state index contributed by atoms with van der Waals surface area (Å²) in [5.41, 5.74) is 2.08. The van der Waals surface area contributed by atoms with Crippen LogP contribution in [0.1, 0.15) is 20.8 Å². The molecule has 1 aromatic heterocycles. The zero-order valence-electron chi connectivity index (χ0n) is 12.2. The molecule has 0 aromatic carbocycles. The van der Waals surface area contributed by atoms with Crippen LogP contribution in [0, 0.1) is 16.0 Å². The summed E-state index contributed by atoms with van der Waals surface area (Å²) in [4.78, 5) is 26.2. The molecule has 1 amide bonds. The molecule has 1 atom stereocenters. The standard InChI is InChI=1S/C12H20N6O3/c1-7(2)6-14-12(19)8(3)15-11-9(18(20)21)4-5-10(16-11)17-13/h4-5,7-8H,6,13H2,1-3H3,(H,14,19)(H2,15,16,17). The smallest absolute Gasteiger partial charge is 0.311 e. The van der Waals surface area contributed by atoms with E-state index in [9.17, 15) is 14.9 Å². The number of hydrogen-bond donors (Lipinski definition) is 4. The molecule has 9 nitrogen and oxygen atoms in total. The predicted molar refractivity (Wildman–Crippen MR) is 79.6 cm³/mol. The van der Waals surface area contributed by atoms with Gasteiger partial charge in [0.15, 0.2) is 0 Å². The third-order valence-corrected chi connectivity index (χ3v) is 2.65. The molecule has 0 spiro atoms. The van der Waals surface area contributed by atoms with Gasteiger partial charge in [-0.3, -0.25) is 14.9 Å². The molecule has 21 heavy (non-hydrogen) atoms. The monoisotopic (exact) mass is 296 g/mol. The minimum absolute atomic E-state index is 0.0114. The maximum Gasteiger partial charge on any atom is 0.311 e. The third kappa shape index (κ3) is 4.88. The molecule has 0 saturated heterocycles. The molecule has 0 aliphatic rings. The van der Waals surface area contributed by atoms with E-state index in [-0.39, 0.29) is 23.2 Å². The van der Waals surface area contributed by atoms with E-state index in [2.05, 4.69) is 21.0 Å². The molecule has 1 heterocycles. The van der Waals surface area contributed by atoms with Crippen LogP contribution in [-0.2, 0) is 4.79 Å². The number of nitro groups is 1. The first kappa shape index (κ1) is 16.6. The molecule has 116 valence electrons. The van der Waals surface area contributed by atoms with Crippen LogP contribution in [0.4, 0.5) is 17.3 Å². The average molecular weight is 296 g/mol. The molecule has 0 radical (unpaired) electrons. The van der Waals surface area contributed by atoms with Crippen LogP contribution in [-0.4, -0.2) is 28.4 Å². The van der Waals surface area contributed by atoms with Crippen LogP contribution < -0.4 is 21.9 Å². The van der Waals surface area contributed by atoms with Gasteiger partial charge in [0.1, 0.15) is 11.9 Å². The van der Waals surface area contributed by atoms with Crippen LogP contribution in [0.3, 0.4) is 0 Å². The zero-order valence-corrected chi connectivity index (χ0v) is 12.2. The summed E-state index contributed by atoms with van der Waals surface area (Å²) in [6.45, 7) is 6.08. The van der Waals surface area contributed by atoms with Gasteiger partial charge in [0.05, 0.1) is 4.92 Å². The highest BCUT2D eigenvalue weighted by molar-refractivity contribution is 5.84. The second kappa shape index (κ2) is 7.39. The number of hydrogen-bond acceptors (Lipinski definition) is 7. The number of nitrogens with zero attached hydrogens (tertiary/aromatic N) is 2. The van der Waals surface area contributed by atoms with Crippen molar-refractivity contribution < 1.29 is 9.72 Å². The summed E-state index contributed by atoms with van der Waals surface area (Å²) in [6.07, 6.45) is 0. The Morgan fingerprint density at radius 1 is 1.43 bits per heavy atom. The van der Waals surface area contributed by atoms with Crippen molar-refractivity contribution in [3.63, 3.8) is 0 Å². The fraction of sp³-hybridized carbons (Fsp3) is 0.500. The Bertz CT molecular complexity index is 520. The van der Waals surface area contributed by atoms with Crippen LogP contribution in [0.15, 0.2) is 12.1 Å². The normalized spacial score (nSPS) is 11.9. The van der Waals surface area contributed by atoms with Crippen molar-refractivity contribution in [2.45, 2.75) is 26.8 Å². The quantitative estimate of drug-likeness (QED) is 0.332. The first-order chi connectivity index (χ1) is 9.85. The molecule has 0 aliphatic carbocycles. The lowest BCUT2D eigenvalue weighted by atomic mass is 10.2. The molecule has 9 heteroatoms. The van der Waals surface area contributed by atoms with E-state index in [0.717, 1.165) is 0 Å². The number of nitrogen functional groups attached to an aromatic ring is 1. The minimum atomic E-state index is -0.664. The zero-order chi connectivity index (χ0) is 16.0. The maximum absolute atomic E-state index is 11.9. The van der Waals surface area contributed by atoms with Gasteiger partial charge in [-0.05, 0) is 18.9 Å². The second-order valence-corrected chi connectivity index (χ2v) is 4.97. The fourth-order valence-electron chi connectivity index (χ4n) is 1.51. The molecule has 0 aliphatic heterocycles. The van der Waals surface area contributed by atoms with Gasteiger partial charge in [0.2, 0.25) is 11.7 Å². The second-order valence-electron chi connectivity index (χ2n) is 4.97. The van der Waals surface area contributed by atoms with Gasteiger partial charge in [-0.15, -0.1) is 0 Å². The van der Waals surface area contributed by atoms with Gasteiger partial charge in [-0.25, -0.2) is 10.8 Å². The molecular weight excluding hydrogens is 276 g/mol. The molecular formula is C12H20N6O3. The molecule has 1 aromatic rings. The lowest BCUT2D eigenvalue weighted by Crippen LogP contribution is -2.39. The van der Waals surface area contributed by atoms with Gasteiger partial charge >= 0.3 is 5.69 Å². The minimum Gasteiger partial charge on any atom is -0.354 e. The average Bonchev–Trinajstić information content (AvgIpc) is 2.43. The molecule has 0 bridgehead atoms. The number of nitrogens with one attached hydrogen (secondary N) is 3. The van der Waals surface area contributed by atoms with E-state index in [0.29, 0.717) is 12.5 Å². The van der Waals surface area contributed by atoms with Crippen LogP contribution in [0.25, 0.3) is 0 Å². The molecule has 1 rings (SSSR count). The summed E-state index contributed by atoms with van der Waals surface area (Å²) in [6, 6.07) is 1.98. The Hall–Kier alpha value is -2.42. The number of carbonyl (C=O) groups is 1. The highest BCUT2D eigenvalue weighted by Gasteiger charge is 2.20. The van der Waals surface area contributed by atoms with Crippen molar-refractivity contribution in [2.75, 3.05) is 17.3 Å². The Kier molecular flexibility index (Phi) is 5.85. The molecule has 0 fully saturated rings. The van der Waals surface area contributed by atoms with Crippen molar-refractivity contribution in [1.29, 1.82) is 0 Å². The first-order valence-corrected chi connectivity index (χ1v) is 6.51. The summed E-state index contributed by atoms with van der Waals surface area (Å²) >= 11 is 0. The molecule has 5 N–H and O–H groups in total. The maximum atomic E-state index is 11.9. The van der Waals surface area contributed by atoms with Crippen LogP contribution in [0.2, 0.25) is 0 Å². The number of pyridine rings is 1. The number of hydrazine groups is 1. The van der Waals surface area contributed by atoms with Gasteiger partial charge in [0.25, 0.3) is 0 Å². The highest BCUT2D eigenvalue weighted by Crippen LogP contribution is 2.24. The van der Waals surface area contributed by atoms with Crippen LogP contribution in [0.5, 0.6) is 0 Å². The molecule has 0 saturated carbocycles. The van der Waals surface area contributed by atoms with E-state index in [1.807, 2.05) is 13.8 Å². The van der Waals surface area contributed by atoms with E-state index in [1.165, 1.54) is 12.1 Å². The van der Waals surface area contributed by atoms with E-state index >= 15 is 0 Å². The van der Waals surface area contributed by atoms with Crippen molar-refractivity contribution in [2.24, 2.45) is 11.8 Å². The summed E-state index contributed by atoms with van der Waals surface area (Å²) in [5.74, 6) is 5.54. The summed E-state index contributed by atoms with van der Waals surface area (Å²) in [5, 5.41) is 16.4. The van der Waals surface area contributed by atoms with E-state index in [1.54, 1.807) is 6.92 Å². The largest absolute Gasteiger partial charge is 0.354 e. The lowest BCUT2D eigenvalue weighted by Gasteiger charge is -2.16. The summed E-state index contributed by atoms with van der Waals surface area (Å²) in [7, 11) is 0. The summed E-state index contributed by atoms with van der Waals surface area (Å²) < 4.78 is 0. The van der Waals surface area contributed by atoms with Gasteiger partial charge in [-0.1, -0.05) is 13.8 Å². The number of amides is 1. The van der Waals surface area contributed by atoms with E-state index < -0.39 is 11.0 Å². The van der Waals surface area contributed by atoms with Gasteiger partial charge in [0, 0.05) is 12.6 Å². The van der Waals surface area contributed by atoms with E-state index in [4.69, 9.17) is 5.84 Å². The topological polar surface area (TPSA) is 135 Å². The fourth-order valence-corrected chi connectivity index (χ4v) is 1.51. The number of anilines is 2. The number of carbonyl (C=O) groups excluding carboxylic acids is 1. The van der Waals surface area contributed by atoms with Crippen molar-refractivity contribution >= 4 is 23.2 Å². The SMILES string of the molecule is CC(C)CNC(=O)C(C)Nc1nc(NN)ccc1[N+](=O)[O-]. The Morgan fingerprint density at radius 3 is 2.62 bits per heavy atom. The number of rotatable bonds is 7. The Morgan fingerprint density at radius 2 is 2.10 bits per heavy atom. The highest BCUT2D eigenvalue weighted by atomic mass is 16.6. The Balaban J connectivity index is 2.85. The number of nitrogens with two attached hydrogens (primary N) is 1. The predicted octanol–water partition coefficient (Wildman–Crippen LogP) is 0.848. The van der Waals surface area contributed by atoms with Gasteiger partial charge in [-0.2, -0.15) is 0 Å². The van der Waals surface area contributed by atoms with Crippen molar-refractivity contribution in [3.8, 4) is 0 Å². The third-order valence-electron chi connectivity index (χ3n) is 2.65. The first-order valence-electron chi connectivity index (χ1n) is 6.51. The number of aromatic nitrogens is 1. The van der Waals surface area contributed by atoms with Gasteiger partial charge < -0.3 is 16.1 Å².